The minimum absolute atomic E-state index is 0.0549. The molecule has 5 heteroatoms. The Morgan fingerprint density at radius 3 is 2.14 bits per heavy atom. The molecular formula is C9H19N3O2. The van der Waals surface area contributed by atoms with Gasteiger partial charge in [-0.15, -0.1) is 0 Å². The first-order valence-corrected chi connectivity index (χ1v) is 4.65. The van der Waals surface area contributed by atoms with Gasteiger partial charge < -0.3 is 15.8 Å². The molecule has 0 aliphatic heterocycles. The summed E-state index contributed by atoms with van der Waals surface area (Å²) in [6.07, 6.45) is -0.705. The van der Waals surface area contributed by atoms with Crippen molar-refractivity contribution in [3.8, 4) is 0 Å². The van der Waals surface area contributed by atoms with E-state index in [4.69, 9.17) is 15.9 Å². The van der Waals surface area contributed by atoms with Gasteiger partial charge in [-0.3, -0.25) is 5.41 Å². The molecule has 82 valence electrons. The van der Waals surface area contributed by atoms with E-state index in [-0.39, 0.29) is 17.9 Å². The van der Waals surface area contributed by atoms with Gasteiger partial charge in [-0.2, -0.15) is 0 Å². The number of amides is 1. The Labute approximate surface area is 84.5 Å². The summed E-state index contributed by atoms with van der Waals surface area (Å²) in [5.74, 6) is 0.0212. The Hall–Kier alpha value is -1.26. The van der Waals surface area contributed by atoms with Gasteiger partial charge in [0.1, 0.15) is 5.84 Å². The number of carbonyl (C=O) groups excluding carboxylic acids is 1. The first-order chi connectivity index (χ1) is 6.34. The number of hydrogen-bond acceptors (Lipinski definition) is 3. The Morgan fingerprint density at radius 2 is 1.86 bits per heavy atom. The first-order valence-electron chi connectivity index (χ1n) is 4.65. The third-order valence-electron chi connectivity index (χ3n) is 1.62. The SMILES string of the molecule is CC(C)OC(=O)NC(C(=N)N)C(C)C. The molecule has 1 amide bonds. The lowest BCUT2D eigenvalue weighted by atomic mass is 10.0. The van der Waals surface area contributed by atoms with Crippen LogP contribution in [0.4, 0.5) is 4.79 Å². The van der Waals surface area contributed by atoms with Crippen molar-refractivity contribution in [2.45, 2.75) is 39.8 Å². The highest BCUT2D eigenvalue weighted by molar-refractivity contribution is 5.86. The van der Waals surface area contributed by atoms with Crippen LogP contribution in [-0.4, -0.2) is 24.1 Å². The highest BCUT2D eigenvalue weighted by atomic mass is 16.6. The van der Waals surface area contributed by atoms with Crippen molar-refractivity contribution >= 4 is 11.9 Å². The fraction of sp³-hybridized carbons (Fsp3) is 0.778. The van der Waals surface area contributed by atoms with Gasteiger partial charge in [-0.1, -0.05) is 13.8 Å². The second-order valence-electron chi connectivity index (χ2n) is 3.78. The molecule has 0 aromatic rings. The summed E-state index contributed by atoms with van der Waals surface area (Å²) in [7, 11) is 0. The van der Waals surface area contributed by atoms with Crippen LogP contribution in [0.5, 0.6) is 0 Å². The van der Waals surface area contributed by atoms with Crippen LogP contribution in [0.3, 0.4) is 0 Å². The normalized spacial score (nSPS) is 12.7. The second-order valence-corrected chi connectivity index (χ2v) is 3.78. The van der Waals surface area contributed by atoms with Crippen LogP contribution in [0.2, 0.25) is 0 Å². The number of amidine groups is 1. The standard InChI is InChI=1S/C9H19N3O2/c1-5(2)7(8(10)11)12-9(13)14-6(3)4/h5-7H,1-4H3,(H3,10,11)(H,12,13). The molecule has 0 aromatic heterocycles. The van der Waals surface area contributed by atoms with Gasteiger partial charge in [0.15, 0.2) is 0 Å². The van der Waals surface area contributed by atoms with E-state index < -0.39 is 12.1 Å². The molecule has 1 atom stereocenters. The van der Waals surface area contributed by atoms with E-state index in [1.165, 1.54) is 0 Å². The molecule has 1 unspecified atom stereocenters. The topological polar surface area (TPSA) is 88.2 Å². The molecule has 0 spiro atoms. The third kappa shape index (κ3) is 4.69. The molecule has 0 fully saturated rings. The molecule has 0 bridgehead atoms. The van der Waals surface area contributed by atoms with Crippen LogP contribution in [0.15, 0.2) is 0 Å². The van der Waals surface area contributed by atoms with Crippen LogP contribution >= 0.6 is 0 Å². The molecule has 0 radical (unpaired) electrons. The molecule has 14 heavy (non-hydrogen) atoms. The molecule has 0 aliphatic carbocycles. The lowest BCUT2D eigenvalue weighted by molar-refractivity contribution is 0.112. The van der Waals surface area contributed by atoms with E-state index in [1.807, 2.05) is 13.8 Å². The number of nitrogens with two attached hydrogens (primary N) is 1. The Bertz CT molecular complexity index is 214. The second kappa shape index (κ2) is 5.47. The Balaban J connectivity index is 4.17. The molecule has 0 aliphatic rings. The van der Waals surface area contributed by atoms with Crippen molar-refractivity contribution in [1.82, 2.24) is 5.32 Å². The smallest absolute Gasteiger partial charge is 0.407 e. The van der Waals surface area contributed by atoms with Crippen LogP contribution in [-0.2, 0) is 4.74 Å². The van der Waals surface area contributed by atoms with E-state index in [0.29, 0.717) is 0 Å². The van der Waals surface area contributed by atoms with Gasteiger partial charge in [0.05, 0.1) is 12.1 Å². The fourth-order valence-corrected chi connectivity index (χ4v) is 0.979. The van der Waals surface area contributed by atoms with Crippen molar-refractivity contribution in [2.75, 3.05) is 0 Å². The van der Waals surface area contributed by atoms with Crippen LogP contribution < -0.4 is 11.1 Å². The Kier molecular flexibility index (Phi) is 4.97. The molecule has 0 saturated heterocycles. The number of hydrogen-bond donors (Lipinski definition) is 3. The largest absolute Gasteiger partial charge is 0.447 e. The maximum absolute atomic E-state index is 11.2. The predicted molar refractivity (Wildman–Crippen MR) is 55.3 cm³/mol. The third-order valence-corrected chi connectivity index (χ3v) is 1.62. The highest BCUT2D eigenvalue weighted by Gasteiger charge is 2.19. The zero-order valence-electron chi connectivity index (χ0n) is 9.13. The van der Waals surface area contributed by atoms with E-state index in [1.54, 1.807) is 13.8 Å². The van der Waals surface area contributed by atoms with E-state index in [0.717, 1.165) is 0 Å². The average Bonchev–Trinajstić information content (AvgIpc) is 1.97. The average molecular weight is 201 g/mol. The Morgan fingerprint density at radius 1 is 1.36 bits per heavy atom. The van der Waals surface area contributed by atoms with Gasteiger partial charge in [0.25, 0.3) is 0 Å². The molecule has 0 saturated carbocycles. The van der Waals surface area contributed by atoms with Crippen molar-refractivity contribution in [3.05, 3.63) is 0 Å². The number of alkyl carbamates (subject to hydrolysis) is 1. The zero-order chi connectivity index (χ0) is 11.3. The van der Waals surface area contributed by atoms with E-state index in [2.05, 4.69) is 5.32 Å². The highest BCUT2D eigenvalue weighted by Crippen LogP contribution is 2.01. The van der Waals surface area contributed by atoms with Gasteiger partial charge >= 0.3 is 6.09 Å². The minimum Gasteiger partial charge on any atom is -0.447 e. The quantitative estimate of drug-likeness (QED) is 0.469. The molecule has 0 rings (SSSR count). The number of ether oxygens (including phenoxy) is 1. The molecule has 5 nitrogen and oxygen atoms in total. The maximum atomic E-state index is 11.2. The van der Waals surface area contributed by atoms with Gasteiger partial charge in [-0.05, 0) is 19.8 Å². The van der Waals surface area contributed by atoms with Crippen LogP contribution in [0, 0.1) is 11.3 Å². The van der Waals surface area contributed by atoms with Gasteiger partial charge in [0, 0.05) is 0 Å². The summed E-state index contributed by atoms with van der Waals surface area (Å²) in [5.41, 5.74) is 5.33. The molecule has 4 N–H and O–H groups in total. The summed E-state index contributed by atoms with van der Waals surface area (Å²) >= 11 is 0. The lowest BCUT2D eigenvalue weighted by Gasteiger charge is -2.21. The lowest BCUT2D eigenvalue weighted by Crippen LogP contribution is -2.47. The minimum atomic E-state index is -0.533. The summed E-state index contributed by atoms with van der Waals surface area (Å²) in [6, 6.07) is -0.457. The van der Waals surface area contributed by atoms with Crippen molar-refractivity contribution in [1.29, 1.82) is 5.41 Å². The van der Waals surface area contributed by atoms with Crippen molar-refractivity contribution in [3.63, 3.8) is 0 Å². The molecule has 0 heterocycles. The van der Waals surface area contributed by atoms with Gasteiger partial charge in [0.2, 0.25) is 0 Å². The van der Waals surface area contributed by atoms with Crippen LogP contribution in [0.1, 0.15) is 27.7 Å². The molecule has 0 aromatic carbocycles. The summed E-state index contributed by atoms with van der Waals surface area (Å²) in [6.45, 7) is 7.28. The van der Waals surface area contributed by atoms with E-state index in [9.17, 15) is 4.79 Å². The number of nitrogens with one attached hydrogen (secondary N) is 2. The fourth-order valence-electron chi connectivity index (χ4n) is 0.979. The summed E-state index contributed by atoms with van der Waals surface area (Å²) < 4.78 is 4.88. The van der Waals surface area contributed by atoms with Crippen molar-refractivity contribution < 1.29 is 9.53 Å². The maximum Gasteiger partial charge on any atom is 0.407 e. The van der Waals surface area contributed by atoms with Crippen LogP contribution in [0.25, 0.3) is 0 Å². The number of rotatable bonds is 4. The first kappa shape index (κ1) is 12.7. The molecular weight excluding hydrogens is 182 g/mol. The van der Waals surface area contributed by atoms with Crippen molar-refractivity contribution in [2.24, 2.45) is 11.7 Å². The summed E-state index contributed by atoms with van der Waals surface area (Å²) in [5, 5.41) is 9.80. The monoisotopic (exact) mass is 201 g/mol. The zero-order valence-corrected chi connectivity index (χ0v) is 9.13. The number of carbonyl (C=O) groups is 1. The summed E-state index contributed by atoms with van der Waals surface area (Å²) in [4.78, 5) is 11.2. The predicted octanol–water partition coefficient (Wildman–Crippen LogP) is 1.08. The van der Waals surface area contributed by atoms with Gasteiger partial charge in [-0.25, -0.2) is 4.79 Å². The van der Waals surface area contributed by atoms with E-state index >= 15 is 0 Å².